The highest BCUT2D eigenvalue weighted by Gasteiger charge is 2.48. The van der Waals surface area contributed by atoms with Crippen molar-refractivity contribution >= 4 is 11.5 Å². The number of carbonyl (C=O) groups is 1. The zero-order chi connectivity index (χ0) is 12.5. The van der Waals surface area contributed by atoms with E-state index in [-0.39, 0.29) is 6.61 Å². The molecule has 1 unspecified atom stereocenters. The average Bonchev–Trinajstić information content (AvgIpc) is 2.64. The van der Waals surface area contributed by atoms with Crippen LogP contribution in [0.1, 0.15) is 18.1 Å². The first kappa shape index (κ1) is 11.4. The molecule has 0 amide bonds. The second-order valence-electron chi connectivity index (χ2n) is 4.05. The summed E-state index contributed by atoms with van der Waals surface area (Å²) in [5.41, 5.74) is 1.18. The quantitative estimate of drug-likeness (QED) is 0.728. The summed E-state index contributed by atoms with van der Waals surface area (Å²) in [7, 11) is 0. The van der Waals surface area contributed by atoms with Gasteiger partial charge >= 0.3 is 5.97 Å². The van der Waals surface area contributed by atoms with Gasteiger partial charge in [-0.05, 0) is 23.6 Å². The van der Waals surface area contributed by atoms with E-state index >= 15 is 0 Å². The number of nitriles is 1. The molecule has 0 spiro atoms. The normalized spacial score (nSPS) is 21.8. The third kappa shape index (κ3) is 1.53. The summed E-state index contributed by atoms with van der Waals surface area (Å²) in [5.74, 6) is -0.497. The average molecular weight is 227 g/mol. The van der Waals surface area contributed by atoms with Crippen LogP contribution in [0.4, 0.5) is 0 Å². The van der Waals surface area contributed by atoms with Crippen molar-refractivity contribution in [2.24, 2.45) is 5.41 Å². The molecule has 0 fully saturated rings. The fourth-order valence-corrected chi connectivity index (χ4v) is 2.19. The Labute approximate surface area is 100 Å². The Bertz CT molecular complexity index is 527. The molecule has 1 aromatic carbocycles. The molecule has 1 aliphatic carbocycles. The van der Waals surface area contributed by atoms with Crippen LogP contribution in [0.2, 0.25) is 0 Å². The van der Waals surface area contributed by atoms with Gasteiger partial charge in [-0.2, -0.15) is 5.26 Å². The first-order chi connectivity index (χ1) is 8.15. The van der Waals surface area contributed by atoms with E-state index < -0.39 is 11.4 Å². The Kier molecular flexibility index (Phi) is 2.72. The standard InChI is InChI=1S/C14H13NO2/c1-3-17-13(16)14(9-15)8-11-6-4-5-7-12(11)10(14)2/h4-7H,2-3,8H2,1H3. The van der Waals surface area contributed by atoms with Crippen LogP contribution < -0.4 is 0 Å². The van der Waals surface area contributed by atoms with Crippen LogP contribution in [0.25, 0.3) is 5.57 Å². The second kappa shape index (κ2) is 4.06. The maximum Gasteiger partial charge on any atom is 0.331 e. The van der Waals surface area contributed by atoms with Gasteiger partial charge < -0.3 is 4.74 Å². The maximum atomic E-state index is 12.0. The lowest BCUT2D eigenvalue weighted by Gasteiger charge is -2.19. The molecule has 0 saturated heterocycles. The minimum absolute atomic E-state index is 0.270. The summed E-state index contributed by atoms with van der Waals surface area (Å²) in [6.07, 6.45) is 0.358. The fourth-order valence-electron chi connectivity index (χ4n) is 2.19. The monoisotopic (exact) mass is 227 g/mol. The number of carbonyl (C=O) groups excluding carboxylic acids is 1. The molecule has 17 heavy (non-hydrogen) atoms. The highest BCUT2D eigenvalue weighted by atomic mass is 16.5. The molecule has 86 valence electrons. The molecule has 1 aliphatic rings. The number of ether oxygens (including phenoxy) is 1. The van der Waals surface area contributed by atoms with Gasteiger partial charge in [0.2, 0.25) is 0 Å². The number of esters is 1. The fraction of sp³-hybridized carbons (Fsp3) is 0.286. The molecule has 3 nitrogen and oxygen atoms in total. The Morgan fingerprint density at radius 2 is 2.29 bits per heavy atom. The van der Waals surface area contributed by atoms with Crippen LogP contribution in [-0.2, 0) is 16.0 Å². The predicted molar refractivity (Wildman–Crippen MR) is 63.9 cm³/mol. The van der Waals surface area contributed by atoms with Gasteiger partial charge in [-0.25, -0.2) is 4.79 Å². The highest BCUT2D eigenvalue weighted by molar-refractivity contribution is 5.99. The van der Waals surface area contributed by atoms with E-state index in [1.54, 1.807) is 6.92 Å². The van der Waals surface area contributed by atoms with Crippen molar-refractivity contribution in [2.45, 2.75) is 13.3 Å². The van der Waals surface area contributed by atoms with E-state index in [2.05, 4.69) is 12.6 Å². The number of benzene rings is 1. The minimum Gasteiger partial charge on any atom is -0.465 e. The predicted octanol–water partition coefficient (Wildman–Crippen LogP) is 2.33. The summed E-state index contributed by atoms with van der Waals surface area (Å²) < 4.78 is 5.00. The lowest BCUT2D eigenvalue weighted by Crippen LogP contribution is -2.31. The van der Waals surface area contributed by atoms with E-state index in [9.17, 15) is 10.1 Å². The smallest absolute Gasteiger partial charge is 0.331 e. The summed E-state index contributed by atoms with van der Waals surface area (Å²) in [6.45, 7) is 5.90. The van der Waals surface area contributed by atoms with Crippen molar-refractivity contribution in [1.29, 1.82) is 5.26 Å². The van der Waals surface area contributed by atoms with Crippen molar-refractivity contribution in [1.82, 2.24) is 0 Å². The third-order valence-corrected chi connectivity index (χ3v) is 3.13. The molecule has 0 heterocycles. The van der Waals surface area contributed by atoms with Crippen molar-refractivity contribution in [3.63, 3.8) is 0 Å². The van der Waals surface area contributed by atoms with Crippen LogP contribution in [0.3, 0.4) is 0 Å². The van der Waals surface area contributed by atoms with Gasteiger partial charge in [-0.15, -0.1) is 0 Å². The molecule has 0 aliphatic heterocycles. The Morgan fingerprint density at radius 1 is 1.59 bits per heavy atom. The second-order valence-corrected chi connectivity index (χ2v) is 4.05. The Balaban J connectivity index is 2.46. The third-order valence-electron chi connectivity index (χ3n) is 3.13. The van der Waals surface area contributed by atoms with E-state index in [0.29, 0.717) is 12.0 Å². The zero-order valence-electron chi connectivity index (χ0n) is 9.69. The summed E-state index contributed by atoms with van der Waals surface area (Å²) in [5, 5.41) is 9.34. The molecule has 0 saturated carbocycles. The molecular formula is C14H13NO2. The molecule has 0 N–H and O–H groups in total. The summed E-state index contributed by atoms with van der Waals surface area (Å²) >= 11 is 0. The van der Waals surface area contributed by atoms with E-state index in [0.717, 1.165) is 11.1 Å². The zero-order valence-corrected chi connectivity index (χ0v) is 9.69. The molecule has 2 rings (SSSR count). The topological polar surface area (TPSA) is 50.1 Å². The van der Waals surface area contributed by atoms with E-state index in [1.165, 1.54) is 0 Å². The van der Waals surface area contributed by atoms with Gasteiger partial charge in [0.05, 0.1) is 12.7 Å². The number of hydrogen-bond donors (Lipinski definition) is 0. The SMILES string of the molecule is C=C1c2ccccc2CC1(C#N)C(=O)OCC. The molecule has 1 atom stereocenters. The summed E-state index contributed by atoms with van der Waals surface area (Å²) in [6, 6.07) is 9.66. The van der Waals surface area contributed by atoms with Gasteiger partial charge in [-0.1, -0.05) is 30.8 Å². The number of fused-ring (bicyclic) bond motifs is 1. The maximum absolute atomic E-state index is 12.0. The van der Waals surface area contributed by atoms with Crippen molar-refractivity contribution in [3.05, 3.63) is 42.0 Å². The Hall–Kier alpha value is -2.08. The van der Waals surface area contributed by atoms with Crippen molar-refractivity contribution in [2.75, 3.05) is 6.61 Å². The lowest BCUT2D eigenvalue weighted by atomic mass is 9.83. The van der Waals surface area contributed by atoms with Gasteiger partial charge in [0, 0.05) is 6.42 Å². The van der Waals surface area contributed by atoms with Gasteiger partial charge in [-0.3, -0.25) is 0 Å². The van der Waals surface area contributed by atoms with Crippen LogP contribution in [0.5, 0.6) is 0 Å². The molecule has 0 aromatic heterocycles. The highest BCUT2D eigenvalue weighted by Crippen LogP contribution is 2.45. The largest absolute Gasteiger partial charge is 0.465 e. The Morgan fingerprint density at radius 3 is 2.88 bits per heavy atom. The van der Waals surface area contributed by atoms with Crippen molar-refractivity contribution < 1.29 is 9.53 Å². The number of hydrogen-bond acceptors (Lipinski definition) is 3. The van der Waals surface area contributed by atoms with Crippen LogP contribution in [-0.4, -0.2) is 12.6 Å². The number of nitrogens with zero attached hydrogens (tertiary/aromatic N) is 1. The lowest BCUT2D eigenvalue weighted by molar-refractivity contribution is -0.148. The first-order valence-electron chi connectivity index (χ1n) is 5.52. The van der Waals surface area contributed by atoms with E-state index in [1.807, 2.05) is 24.3 Å². The minimum atomic E-state index is -1.24. The van der Waals surface area contributed by atoms with Crippen LogP contribution >= 0.6 is 0 Å². The van der Waals surface area contributed by atoms with E-state index in [4.69, 9.17) is 4.74 Å². The van der Waals surface area contributed by atoms with Crippen molar-refractivity contribution in [3.8, 4) is 6.07 Å². The molecular weight excluding hydrogens is 214 g/mol. The molecule has 0 bridgehead atoms. The van der Waals surface area contributed by atoms with Crippen LogP contribution in [0.15, 0.2) is 30.8 Å². The molecule has 1 aromatic rings. The molecule has 0 radical (unpaired) electrons. The van der Waals surface area contributed by atoms with Crippen LogP contribution in [0, 0.1) is 16.7 Å². The van der Waals surface area contributed by atoms with Gasteiger partial charge in [0.25, 0.3) is 0 Å². The van der Waals surface area contributed by atoms with Gasteiger partial charge in [0.1, 0.15) is 0 Å². The molecule has 3 heteroatoms. The first-order valence-corrected chi connectivity index (χ1v) is 5.52. The van der Waals surface area contributed by atoms with Gasteiger partial charge in [0.15, 0.2) is 5.41 Å². The summed E-state index contributed by atoms with van der Waals surface area (Å²) in [4.78, 5) is 12.0. The number of rotatable bonds is 2.